The van der Waals surface area contributed by atoms with Crippen molar-refractivity contribution in [3.05, 3.63) is 58.4 Å². The first-order chi connectivity index (χ1) is 8.19. The van der Waals surface area contributed by atoms with Crippen LogP contribution in [0.4, 0.5) is 4.39 Å². The maximum absolute atomic E-state index is 12.9. The van der Waals surface area contributed by atoms with Crippen molar-refractivity contribution in [1.29, 1.82) is 0 Å². The first-order valence-corrected chi connectivity index (χ1v) is 5.51. The Morgan fingerprint density at radius 3 is 2.82 bits per heavy atom. The van der Waals surface area contributed by atoms with E-state index in [2.05, 4.69) is 9.97 Å². The fraction of sp³-hybridized carbons (Fsp3) is 0.167. The van der Waals surface area contributed by atoms with E-state index in [1.54, 1.807) is 18.3 Å². The fourth-order valence-electron chi connectivity index (χ4n) is 1.48. The highest BCUT2D eigenvalue weighted by molar-refractivity contribution is 6.31. The smallest absolute Gasteiger partial charge is 0.133 e. The first kappa shape index (κ1) is 12.0. The zero-order chi connectivity index (χ0) is 12.3. The molecule has 2 rings (SSSR count). The molecule has 0 bridgehead atoms. The second-order valence-corrected chi connectivity index (χ2v) is 3.99. The molecule has 0 saturated heterocycles. The van der Waals surface area contributed by atoms with Gasteiger partial charge in [-0.25, -0.2) is 14.4 Å². The third-order valence-corrected chi connectivity index (χ3v) is 2.69. The van der Waals surface area contributed by atoms with E-state index < -0.39 is 0 Å². The van der Waals surface area contributed by atoms with Crippen molar-refractivity contribution >= 4 is 11.6 Å². The summed E-state index contributed by atoms with van der Waals surface area (Å²) in [6, 6.07) is 6.05. The van der Waals surface area contributed by atoms with Crippen molar-refractivity contribution in [2.24, 2.45) is 5.73 Å². The van der Waals surface area contributed by atoms with Crippen LogP contribution in [0.2, 0.25) is 5.02 Å². The first-order valence-electron chi connectivity index (χ1n) is 5.14. The standard InChI is InChI=1S/C12H11ClFN3/c13-11-6-9(14)2-1-8(11)5-12-16-4-3-10(7-15)17-12/h1-4,6H,5,7,15H2. The molecule has 1 aromatic heterocycles. The normalized spacial score (nSPS) is 10.5. The fourth-order valence-corrected chi connectivity index (χ4v) is 1.71. The van der Waals surface area contributed by atoms with Crippen LogP contribution in [0.1, 0.15) is 17.1 Å². The zero-order valence-corrected chi connectivity index (χ0v) is 9.78. The highest BCUT2D eigenvalue weighted by Crippen LogP contribution is 2.19. The lowest BCUT2D eigenvalue weighted by atomic mass is 10.1. The van der Waals surface area contributed by atoms with E-state index in [0.29, 0.717) is 23.8 Å². The Labute approximate surface area is 103 Å². The number of rotatable bonds is 3. The number of nitrogens with two attached hydrogens (primary N) is 1. The molecule has 0 amide bonds. The second kappa shape index (κ2) is 5.21. The molecule has 0 aliphatic carbocycles. The Morgan fingerprint density at radius 2 is 2.12 bits per heavy atom. The summed E-state index contributed by atoms with van der Waals surface area (Å²) in [6.07, 6.45) is 2.12. The molecule has 0 aliphatic rings. The molecule has 0 aliphatic heterocycles. The van der Waals surface area contributed by atoms with Gasteiger partial charge in [0, 0.05) is 24.2 Å². The van der Waals surface area contributed by atoms with Gasteiger partial charge in [0.15, 0.2) is 0 Å². The zero-order valence-electron chi connectivity index (χ0n) is 9.03. The van der Waals surface area contributed by atoms with Crippen molar-refractivity contribution in [2.45, 2.75) is 13.0 Å². The molecule has 5 heteroatoms. The molecule has 0 fully saturated rings. The molecule has 0 saturated carbocycles. The van der Waals surface area contributed by atoms with Crippen LogP contribution >= 0.6 is 11.6 Å². The molecule has 0 spiro atoms. The van der Waals surface area contributed by atoms with E-state index in [4.69, 9.17) is 17.3 Å². The maximum Gasteiger partial charge on any atom is 0.133 e. The van der Waals surface area contributed by atoms with Gasteiger partial charge >= 0.3 is 0 Å². The number of aromatic nitrogens is 2. The lowest BCUT2D eigenvalue weighted by molar-refractivity contribution is 0.627. The molecule has 0 radical (unpaired) electrons. The summed E-state index contributed by atoms with van der Waals surface area (Å²) < 4.78 is 12.9. The molecule has 1 heterocycles. The van der Waals surface area contributed by atoms with Crippen LogP contribution in [-0.4, -0.2) is 9.97 Å². The molecule has 1 aromatic carbocycles. The van der Waals surface area contributed by atoms with Crippen molar-refractivity contribution in [2.75, 3.05) is 0 Å². The van der Waals surface area contributed by atoms with Crippen molar-refractivity contribution in [1.82, 2.24) is 9.97 Å². The number of halogens is 2. The Bertz CT molecular complexity index is 531. The van der Waals surface area contributed by atoms with E-state index in [9.17, 15) is 4.39 Å². The van der Waals surface area contributed by atoms with Gasteiger partial charge in [-0.05, 0) is 23.8 Å². The van der Waals surface area contributed by atoms with Gasteiger partial charge in [0.25, 0.3) is 0 Å². The largest absolute Gasteiger partial charge is 0.325 e. The van der Waals surface area contributed by atoms with Crippen LogP contribution in [0.25, 0.3) is 0 Å². The minimum Gasteiger partial charge on any atom is -0.325 e. The molecule has 88 valence electrons. The summed E-state index contributed by atoms with van der Waals surface area (Å²) in [4.78, 5) is 8.39. The summed E-state index contributed by atoms with van der Waals surface area (Å²) in [5.74, 6) is 0.275. The highest BCUT2D eigenvalue weighted by Gasteiger charge is 2.05. The van der Waals surface area contributed by atoms with Crippen molar-refractivity contribution in [3.8, 4) is 0 Å². The minimum absolute atomic E-state index is 0.352. The van der Waals surface area contributed by atoms with Gasteiger partial charge < -0.3 is 5.73 Å². The van der Waals surface area contributed by atoms with E-state index in [0.717, 1.165) is 11.3 Å². The Balaban J connectivity index is 2.25. The molecular formula is C12H11ClFN3. The third-order valence-electron chi connectivity index (χ3n) is 2.34. The summed E-state index contributed by atoms with van der Waals surface area (Å²) in [5.41, 5.74) is 7.06. The Kier molecular flexibility index (Phi) is 3.66. The van der Waals surface area contributed by atoms with Crippen molar-refractivity contribution < 1.29 is 4.39 Å². The van der Waals surface area contributed by atoms with Crippen LogP contribution in [0, 0.1) is 5.82 Å². The van der Waals surface area contributed by atoms with Crippen LogP contribution in [0.5, 0.6) is 0 Å². The average Bonchev–Trinajstić information content (AvgIpc) is 2.33. The van der Waals surface area contributed by atoms with Gasteiger partial charge in [0.2, 0.25) is 0 Å². The predicted octanol–water partition coefficient (Wildman–Crippen LogP) is 2.32. The highest BCUT2D eigenvalue weighted by atomic mass is 35.5. The average molecular weight is 252 g/mol. The summed E-state index contributed by atoms with van der Waals surface area (Å²) >= 11 is 5.93. The summed E-state index contributed by atoms with van der Waals surface area (Å²) in [6.45, 7) is 0.368. The van der Waals surface area contributed by atoms with E-state index in [1.807, 2.05) is 0 Å². The van der Waals surface area contributed by atoms with Gasteiger partial charge in [-0.15, -0.1) is 0 Å². The lowest BCUT2D eigenvalue weighted by Crippen LogP contribution is -2.04. The SMILES string of the molecule is NCc1ccnc(Cc2ccc(F)cc2Cl)n1. The maximum atomic E-state index is 12.9. The quantitative estimate of drug-likeness (QED) is 0.911. The molecule has 3 nitrogen and oxygen atoms in total. The Morgan fingerprint density at radius 1 is 1.29 bits per heavy atom. The van der Waals surface area contributed by atoms with Crippen molar-refractivity contribution in [3.63, 3.8) is 0 Å². The molecule has 2 N–H and O–H groups in total. The number of benzene rings is 1. The van der Waals surface area contributed by atoms with Crippen LogP contribution in [0.3, 0.4) is 0 Å². The van der Waals surface area contributed by atoms with E-state index >= 15 is 0 Å². The molecular weight excluding hydrogens is 241 g/mol. The van der Waals surface area contributed by atoms with E-state index in [-0.39, 0.29) is 5.82 Å². The summed E-state index contributed by atoms with van der Waals surface area (Å²) in [5, 5.41) is 0.381. The minimum atomic E-state index is -0.352. The van der Waals surface area contributed by atoms with Crippen LogP contribution in [-0.2, 0) is 13.0 Å². The van der Waals surface area contributed by atoms with E-state index in [1.165, 1.54) is 12.1 Å². The summed E-state index contributed by atoms with van der Waals surface area (Å²) in [7, 11) is 0. The number of nitrogens with zero attached hydrogens (tertiary/aromatic N) is 2. The van der Waals surface area contributed by atoms with Gasteiger partial charge in [0.1, 0.15) is 11.6 Å². The molecule has 17 heavy (non-hydrogen) atoms. The van der Waals surface area contributed by atoms with Gasteiger partial charge in [0.05, 0.1) is 5.69 Å². The van der Waals surface area contributed by atoms with Gasteiger partial charge in [-0.1, -0.05) is 17.7 Å². The lowest BCUT2D eigenvalue weighted by Gasteiger charge is -2.04. The van der Waals surface area contributed by atoms with Gasteiger partial charge in [-0.3, -0.25) is 0 Å². The molecule has 0 unspecified atom stereocenters. The third kappa shape index (κ3) is 2.99. The van der Waals surface area contributed by atoms with Crippen LogP contribution < -0.4 is 5.73 Å². The topological polar surface area (TPSA) is 51.8 Å². The van der Waals surface area contributed by atoms with Gasteiger partial charge in [-0.2, -0.15) is 0 Å². The predicted molar refractivity (Wildman–Crippen MR) is 64.1 cm³/mol. The monoisotopic (exact) mass is 251 g/mol. The number of hydrogen-bond donors (Lipinski definition) is 1. The van der Waals surface area contributed by atoms with Crippen LogP contribution in [0.15, 0.2) is 30.5 Å². The molecule has 0 atom stereocenters. The Hall–Kier alpha value is -1.52. The molecule has 2 aromatic rings. The second-order valence-electron chi connectivity index (χ2n) is 3.58. The number of hydrogen-bond acceptors (Lipinski definition) is 3.